The summed E-state index contributed by atoms with van der Waals surface area (Å²) in [4.78, 5) is 14.1. The van der Waals surface area contributed by atoms with Gasteiger partial charge in [-0.15, -0.1) is 0 Å². The number of halogens is 1. The van der Waals surface area contributed by atoms with E-state index in [1.54, 1.807) is 0 Å². The zero-order valence-corrected chi connectivity index (χ0v) is 12.7. The highest BCUT2D eigenvalue weighted by Crippen LogP contribution is 2.17. The van der Waals surface area contributed by atoms with Crippen molar-refractivity contribution in [2.75, 3.05) is 25.0 Å². The maximum absolute atomic E-state index is 12.0. The third-order valence-electron chi connectivity index (χ3n) is 3.53. The topological polar surface area (TPSA) is 58.4 Å². The Morgan fingerprint density at radius 3 is 3.05 bits per heavy atom. The molecule has 1 aromatic rings. The molecule has 1 amide bonds. The van der Waals surface area contributed by atoms with Gasteiger partial charge >= 0.3 is 0 Å². The number of nitrogens with two attached hydrogens (primary N) is 1. The van der Waals surface area contributed by atoms with Gasteiger partial charge in [0.2, 0.25) is 5.91 Å². The van der Waals surface area contributed by atoms with Crippen LogP contribution in [0.25, 0.3) is 0 Å². The van der Waals surface area contributed by atoms with E-state index in [0.717, 1.165) is 29.7 Å². The Balaban J connectivity index is 1.85. The lowest BCUT2D eigenvalue weighted by Crippen LogP contribution is -2.48. The minimum atomic E-state index is 0.0285. The molecule has 4 nitrogen and oxygen atoms in total. The molecule has 1 aliphatic heterocycles. The number of nitrogens with zero attached hydrogens (tertiary/aromatic N) is 1. The molecule has 1 saturated heterocycles. The number of piperidine rings is 1. The van der Waals surface area contributed by atoms with Crippen molar-refractivity contribution in [2.45, 2.75) is 19.4 Å². The third kappa shape index (κ3) is 4.30. The van der Waals surface area contributed by atoms with Crippen LogP contribution in [-0.4, -0.2) is 36.5 Å². The van der Waals surface area contributed by atoms with E-state index in [4.69, 9.17) is 5.73 Å². The van der Waals surface area contributed by atoms with Gasteiger partial charge in [0, 0.05) is 29.3 Å². The van der Waals surface area contributed by atoms with Gasteiger partial charge in [-0.3, -0.25) is 9.69 Å². The molecule has 5 heteroatoms. The van der Waals surface area contributed by atoms with Gasteiger partial charge < -0.3 is 11.1 Å². The van der Waals surface area contributed by atoms with Crippen molar-refractivity contribution in [1.29, 1.82) is 0 Å². The standard InChI is InChI=1S/C14H20BrN3O/c1-10-8-18(6-5-13(10)16)9-14(19)17-12-4-2-3-11(15)7-12/h2-4,7,10,13H,5-6,8-9,16H2,1H3,(H,17,19). The molecular formula is C14H20BrN3O. The first-order valence-corrected chi connectivity index (χ1v) is 7.37. The van der Waals surface area contributed by atoms with Crippen LogP contribution < -0.4 is 11.1 Å². The lowest BCUT2D eigenvalue weighted by atomic mass is 9.95. The van der Waals surface area contributed by atoms with Gasteiger partial charge in [0.25, 0.3) is 0 Å². The first kappa shape index (κ1) is 14.5. The second-order valence-electron chi connectivity index (χ2n) is 5.22. The highest BCUT2D eigenvalue weighted by molar-refractivity contribution is 9.10. The summed E-state index contributed by atoms with van der Waals surface area (Å²) in [6.07, 6.45) is 0.964. The van der Waals surface area contributed by atoms with Gasteiger partial charge in [0.1, 0.15) is 0 Å². The molecule has 3 N–H and O–H groups in total. The maximum Gasteiger partial charge on any atom is 0.238 e. The first-order valence-electron chi connectivity index (χ1n) is 6.58. The number of carbonyl (C=O) groups is 1. The fourth-order valence-electron chi connectivity index (χ4n) is 2.36. The highest BCUT2D eigenvalue weighted by atomic mass is 79.9. The molecule has 0 aliphatic carbocycles. The number of carbonyl (C=O) groups excluding carboxylic acids is 1. The number of anilines is 1. The molecule has 2 atom stereocenters. The molecule has 1 heterocycles. The third-order valence-corrected chi connectivity index (χ3v) is 4.02. The molecule has 2 unspecified atom stereocenters. The number of rotatable bonds is 3. The number of nitrogens with one attached hydrogen (secondary N) is 1. The normalized spacial score (nSPS) is 24.2. The van der Waals surface area contributed by atoms with Crippen molar-refractivity contribution in [3.63, 3.8) is 0 Å². The van der Waals surface area contributed by atoms with Gasteiger partial charge in [-0.05, 0) is 30.5 Å². The summed E-state index contributed by atoms with van der Waals surface area (Å²) in [5.41, 5.74) is 6.80. The molecule has 0 radical (unpaired) electrons. The molecule has 1 aliphatic rings. The summed E-state index contributed by atoms with van der Waals surface area (Å²) in [6, 6.07) is 7.89. The molecular weight excluding hydrogens is 306 g/mol. The van der Waals surface area contributed by atoms with Crippen molar-refractivity contribution >= 4 is 27.5 Å². The van der Waals surface area contributed by atoms with Gasteiger partial charge in [-0.25, -0.2) is 0 Å². The molecule has 1 fully saturated rings. The van der Waals surface area contributed by atoms with Crippen molar-refractivity contribution in [3.05, 3.63) is 28.7 Å². The Hall–Kier alpha value is -0.910. The van der Waals surface area contributed by atoms with Crippen LogP contribution in [0.15, 0.2) is 28.7 Å². The number of hydrogen-bond donors (Lipinski definition) is 2. The zero-order chi connectivity index (χ0) is 13.8. The monoisotopic (exact) mass is 325 g/mol. The smallest absolute Gasteiger partial charge is 0.238 e. The minimum Gasteiger partial charge on any atom is -0.327 e. The van der Waals surface area contributed by atoms with Gasteiger partial charge in [0.05, 0.1) is 6.54 Å². The molecule has 1 aromatic carbocycles. The average molecular weight is 326 g/mol. The summed E-state index contributed by atoms with van der Waals surface area (Å²) in [7, 11) is 0. The van der Waals surface area contributed by atoms with Crippen LogP contribution in [0.3, 0.4) is 0 Å². The van der Waals surface area contributed by atoms with E-state index in [2.05, 4.69) is 33.1 Å². The second kappa shape index (κ2) is 6.50. The van der Waals surface area contributed by atoms with Crippen LogP contribution in [0.2, 0.25) is 0 Å². The average Bonchev–Trinajstić information content (AvgIpc) is 2.34. The molecule has 2 rings (SSSR count). The Bertz CT molecular complexity index is 452. The van der Waals surface area contributed by atoms with Gasteiger partial charge in [-0.2, -0.15) is 0 Å². The fraction of sp³-hybridized carbons (Fsp3) is 0.500. The highest BCUT2D eigenvalue weighted by Gasteiger charge is 2.24. The Morgan fingerprint density at radius 1 is 1.58 bits per heavy atom. The van der Waals surface area contributed by atoms with Crippen LogP contribution in [0, 0.1) is 5.92 Å². The van der Waals surface area contributed by atoms with Crippen molar-refractivity contribution in [2.24, 2.45) is 11.7 Å². The summed E-state index contributed by atoms with van der Waals surface area (Å²) < 4.78 is 0.961. The van der Waals surface area contributed by atoms with Crippen LogP contribution >= 0.6 is 15.9 Å². The number of amides is 1. The van der Waals surface area contributed by atoms with E-state index in [9.17, 15) is 4.79 Å². The number of benzene rings is 1. The van der Waals surface area contributed by atoms with Gasteiger partial charge in [-0.1, -0.05) is 28.9 Å². The predicted octanol–water partition coefficient (Wildman–Crippen LogP) is 2.06. The SMILES string of the molecule is CC1CN(CC(=O)Nc2cccc(Br)c2)CCC1N. The predicted molar refractivity (Wildman–Crippen MR) is 81.0 cm³/mol. The maximum atomic E-state index is 12.0. The van der Waals surface area contributed by atoms with Crippen LogP contribution in [-0.2, 0) is 4.79 Å². The number of likely N-dealkylation sites (tertiary alicyclic amines) is 1. The molecule has 0 spiro atoms. The zero-order valence-electron chi connectivity index (χ0n) is 11.1. The quantitative estimate of drug-likeness (QED) is 0.894. The lowest BCUT2D eigenvalue weighted by Gasteiger charge is -2.34. The molecule has 104 valence electrons. The van der Waals surface area contributed by atoms with E-state index in [1.807, 2.05) is 24.3 Å². The summed E-state index contributed by atoms with van der Waals surface area (Å²) >= 11 is 3.39. The van der Waals surface area contributed by atoms with E-state index in [1.165, 1.54) is 0 Å². The van der Waals surface area contributed by atoms with Crippen LogP contribution in [0.1, 0.15) is 13.3 Å². The molecule has 0 bridgehead atoms. The van der Waals surface area contributed by atoms with E-state index >= 15 is 0 Å². The summed E-state index contributed by atoms with van der Waals surface area (Å²) in [5.74, 6) is 0.480. The van der Waals surface area contributed by atoms with Crippen molar-refractivity contribution in [3.8, 4) is 0 Å². The fourth-order valence-corrected chi connectivity index (χ4v) is 2.76. The molecule has 19 heavy (non-hydrogen) atoms. The minimum absolute atomic E-state index is 0.0285. The summed E-state index contributed by atoms with van der Waals surface area (Å²) in [6.45, 7) is 4.37. The van der Waals surface area contributed by atoms with Crippen molar-refractivity contribution < 1.29 is 4.79 Å². The van der Waals surface area contributed by atoms with Crippen LogP contribution in [0.5, 0.6) is 0 Å². The summed E-state index contributed by atoms with van der Waals surface area (Å²) in [5, 5.41) is 2.91. The largest absolute Gasteiger partial charge is 0.327 e. The number of hydrogen-bond acceptors (Lipinski definition) is 3. The molecule has 0 saturated carbocycles. The van der Waals surface area contributed by atoms with Gasteiger partial charge in [0.15, 0.2) is 0 Å². The second-order valence-corrected chi connectivity index (χ2v) is 6.14. The van der Waals surface area contributed by atoms with E-state index in [0.29, 0.717) is 12.5 Å². The van der Waals surface area contributed by atoms with Crippen molar-refractivity contribution in [1.82, 2.24) is 4.90 Å². The lowest BCUT2D eigenvalue weighted by molar-refractivity contribution is -0.117. The Morgan fingerprint density at radius 2 is 2.37 bits per heavy atom. The van der Waals surface area contributed by atoms with E-state index < -0.39 is 0 Å². The Kier molecular flexibility index (Phi) is 4.96. The Labute approximate surface area is 122 Å². The van der Waals surface area contributed by atoms with Crippen LogP contribution in [0.4, 0.5) is 5.69 Å². The van der Waals surface area contributed by atoms with E-state index in [-0.39, 0.29) is 11.9 Å². The first-order chi connectivity index (χ1) is 9.04. The molecule has 0 aromatic heterocycles.